The molecule has 0 aromatic carbocycles. The lowest BCUT2D eigenvalue weighted by molar-refractivity contribution is 0.241. The van der Waals surface area contributed by atoms with Gasteiger partial charge in [-0.3, -0.25) is 4.99 Å². The molecule has 0 aliphatic heterocycles. The van der Waals surface area contributed by atoms with Crippen LogP contribution in [0, 0.1) is 5.92 Å². The van der Waals surface area contributed by atoms with Crippen LogP contribution >= 0.6 is 15.9 Å². The van der Waals surface area contributed by atoms with Crippen molar-refractivity contribution >= 4 is 21.9 Å². The molecule has 1 atom stereocenters. The predicted molar refractivity (Wildman–Crippen MR) is 86.8 cm³/mol. The van der Waals surface area contributed by atoms with Crippen molar-refractivity contribution in [2.45, 2.75) is 20.4 Å². The number of halogens is 1. The van der Waals surface area contributed by atoms with Gasteiger partial charge in [0, 0.05) is 50.2 Å². The van der Waals surface area contributed by atoms with Crippen molar-refractivity contribution in [3.63, 3.8) is 0 Å². The average molecular weight is 345 g/mol. The van der Waals surface area contributed by atoms with Gasteiger partial charge in [-0.05, 0) is 34.8 Å². The second kappa shape index (κ2) is 8.32. The summed E-state index contributed by atoms with van der Waals surface area (Å²) in [7, 11) is 4.05. The molecule has 1 aromatic rings. The van der Waals surface area contributed by atoms with E-state index >= 15 is 0 Å². The van der Waals surface area contributed by atoms with Crippen LogP contribution in [0.4, 0.5) is 0 Å². The number of hydrogen-bond acceptors (Lipinski definition) is 2. The number of hydrogen-bond donors (Lipinski definition) is 2. The minimum Gasteiger partial charge on any atom is -0.396 e. The number of nitrogens with zero attached hydrogens (tertiary/aromatic N) is 3. The SMILES string of the molecule is CCNC(=NCC(C)CO)N(C)Cc1cc(Br)cn1C. The van der Waals surface area contributed by atoms with Crippen LogP contribution in [-0.4, -0.2) is 47.3 Å². The van der Waals surface area contributed by atoms with E-state index in [4.69, 9.17) is 5.11 Å². The fraction of sp³-hybridized carbons (Fsp3) is 0.643. The number of aromatic nitrogens is 1. The average Bonchev–Trinajstić information content (AvgIpc) is 2.72. The van der Waals surface area contributed by atoms with Crippen LogP contribution < -0.4 is 5.32 Å². The Morgan fingerprint density at radius 2 is 2.30 bits per heavy atom. The Labute approximate surface area is 129 Å². The highest BCUT2D eigenvalue weighted by Gasteiger charge is 2.10. The topological polar surface area (TPSA) is 52.8 Å². The van der Waals surface area contributed by atoms with Gasteiger partial charge >= 0.3 is 0 Å². The van der Waals surface area contributed by atoms with Crippen LogP contribution in [0.25, 0.3) is 0 Å². The van der Waals surface area contributed by atoms with E-state index in [2.05, 4.69) is 48.7 Å². The van der Waals surface area contributed by atoms with Gasteiger partial charge in [0.05, 0.1) is 6.54 Å². The van der Waals surface area contributed by atoms with Gasteiger partial charge in [0.15, 0.2) is 5.96 Å². The molecule has 5 nitrogen and oxygen atoms in total. The third-order valence-electron chi connectivity index (χ3n) is 3.03. The molecule has 1 heterocycles. The molecule has 1 rings (SSSR count). The van der Waals surface area contributed by atoms with E-state index in [0.29, 0.717) is 6.54 Å². The maximum atomic E-state index is 9.08. The van der Waals surface area contributed by atoms with Gasteiger partial charge in [-0.15, -0.1) is 0 Å². The van der Waals surface area contributed by atoms with Crippen molar-refractivity contribution in [2.75, 3.05) is 26.7 Å². The Morgan fingerprint density at radius 3 is 2.80 bits per heavy atom. The third-order valence-corrected chi connectivity index (χ3v) is 3.47. The maximum Gasteiger partial charge on any atom is 0.194 e. The van der Waals surface area contributed by atoms with Gasteiger partial charge in [-0.25, -0.2) is 0 Å². The van der Waals surface area contributed by atoms with E-state index in [0.717, 1.165) is 23.5 Å². The molecule has 1 aromatic heterocycles. The highest BCUT2D eigenvalue weighted by molar-refractivity contribution is 9.10. The van der Waals surface area contributed by atoms with E-state index in [-0.39, 0.29) is 12.5 Å². The first-order valence-corrected chi connectivity index (χ1v) is 7.68. The Kier molecular flexibility index (Phi) is 7.09. The van der Waals surface area contributed by atoms with Crippen molar-refractivity contribution in [2.24, 2.45) is 18.0 Å². The largest absolute Gasteiger partial charge is 0.396 e. The van der Waals surface area contributed by atoms with Gasteiger partial charge in [-0.2, -0.15) is 0 Å². The standard InChI is InChI=1S/C14H25BrN4O/c1-5-16-14(17-7-11(2)10-20)19(4)9-13-6-12(15)8-18(13)3/h6,8,11,20H,5,7,9-10H2,1-4H3,(H,16,17). The van der Waals surface area contributed by atoms with Crippen LogP contribution in [0.3, 0.4) is 0 Å². The smallest absolute Gasteiger partial charge is 0.194 e. The van der Waals surface area contributed by atoms with Crippen LogP contribution in [0.2, 0.25) is 0 Å². The first-order chi connectivity index (χ1) is 9.47. The molecule has 0 bridgehead atoms. The summed E-state index contributed by atoms with van der Waals surface area (Å²) in [6, 6.07) is 2.11. The first-order valence-electron chi connectivity index (χ1n) is 6.89. The number of guanidine groups is 1. The summed E-state index contributed by atoms with van der Waals surface area (Å²) < 4.78 is 3.18. The summed E-state index contributed by atoms with van der Waals surface area (Å²) in [5.74, 6) is 1.05. The number of aliphatic hydroxyl groups is 1. The molecular weight excluding hydrogens is 320 g/mol. The molecule has 2 N–H and O–H groups in total. The molecule has 0 amide bonds. The molecule has 0 saturated carbocycles. The van der Waals surface area contributed by atoms with Crippen molar-refractivity contribution in [1.82, 2.24) is 14.8 Å². The molecular formula is C14H25BrN4O. The molecule has 1 unspecified atom stereocenters. The highest BCUT2D eigenvalue weighted by Crippen LogP contribution is 2.15. The van der Waals surface area contributed by atoms with Gasteiger partial charge in [0.25, 0.3) is 0 Å². The summed E-state index contributed by atoms with van der Waals surface area (Å²) in [6.07, 6.45) is 2.04. The number of aryl methyl sites for hydroxylation is 1. The number of rotatable bonds is 6. The van der Waals surface area contributed by atoms with Gasteiger partial charge < -0.3 is 19.9 Å². The van der Waals surface area contributed by atoms with Crippen LogP contribution in [0.15, 0.2) is 21.7 Å². The van der Waals surface area contributed by atoms with Crippen molar-refractivity contribution in [1.29, 1.82) is 0 Å². The minimum absolute atomic E-state index is 0.164. The van der Waals surface area contributed by atoms with Crippen LogP contribution in [-0.2, 0) is 13.6 Å². The van der Waals surface area contributed by atoms with E-state index < -0.39 is 0 Å². The monoisotopic (exact) mass is 344 g/mol. The number of aliphatic imine (C=N–C) groups is 1. The second-order valence-electron chi connectivity index (χ2n) is 5.10. The lowest BCUT2D eigenvalue weighted by Crippen LogP contribution is -2.39. The normalized spacial score (nSPS) is 13.4. The van der Waals surface area contributed by atoms with Gasteiger partial charge in [0.1, 0.15) is 0 Å². The fourth-order valence-electron chi connectivity index (χ4n) is 1.81. The second-order valence-corrected chi connectivity index (χ2v) is 6.01. The van der Waals surface area contributed by atoms with Crippen LogP contribution in [0.5, 0.6) is 0 Å². The Morgan fingerprint density at radius 1 is 1.60 bits per heavy atom. The van der Waals surface area contributed by atoms with E-state index in [9.17, 15) is 0 Å². The molecule has 114 valence electrons. The Bertz CT molecular complexity index is 444. The highest BCUT2D eigenvalue weighted by atomic mass is 79.9. The zero-order chi connectivity index (χ0) is 15.1. The third kappa shape index (κ3) is 5.17. The zero-order valence-electron chi connectivity index (χ0n) is 12.7. The van der Waals surface area contributed by atoms with Crippen molar-refractivity contribution in [3.05, 3.63) is 22.4 Å². The zero-order valence-corrected chi connectivity index (χ0v) is 14.3. The number of nitrogens with one attached hydrogen (secondary N) is 1. The molecule has 6 heteroatoms. The Hall–Kier alpha value is -1.01. The molecule has 0 saturated heterocycles. The summed E-state index contributed by atoms with van der Waals surface area (Å²) in [4.78, 5) is 6.66. The summed E-state index contributed by atoms with van der Waals surface area (Å²) in [5, 5.41) is 12.4. The fourth-order valence-corrected chi connectivity index (χ4v) is 2.38. The molecule has 0 spiro atoms. The number of aliphatic hydroxyl groups excluding tert-OH is 1. The summed E-state index contributed by atoms with van der Waals surface area (Å²) in [6.45, 7) is 6.44. The lowest BCUT2D eigenvalue weighted by atomic mass is 10.2. The molecule has 20 heavy (non-hydrogen) atoms. The quantitative estimate of drug-likeness (QED) is 0.611. The van der Waals surface area contributed by atoms with E-state index in [1.165, 1.54) is 5.69 Å². The molecule has 0 fully saturated rings. The first kappa shape index (κ1) is 17.0. The maximum absolute atomic E-state index is 9.08. The van der Waals surface area contributed by atoms with Crippen molar-refractivity contribution in [3.8, 4) is 0 Å². The van der Waals surface area contributed by atoms with E-state index in [1.807, 2.05) is 27.2 Å². The minimum atomic E-state index is 0.164. The van der Waals surface area contributed by atoms with Gasteiger partial charge in [-0.1, -0.05) is 6.92 Å². The molecule has 0 radical (unpaired) electrons. The lowest BCUT2D eigenvalue weighted by Gasteiger charge is -2.22. The van der Waals surface area contributed by atoms with E-state index in [1.54, 1.807) is 0 Å². The summed E-state index contributed by atoms with van der Waals surface area (Å²) >= 11 is 3.49. The Balaban J connectivity index is 2.73. The summed E-state index contributed by atoms with van der Waals surface area (Å²) in [5.41, 5.74) is 1.21. The molecule has 0 aliphatic rings. The molecule has 0 aliphatic carbocycles. The van der Waals surface area contributed by atoms with Crippen molar-refractivity contribution < 1.29 is 5.11 Å². The predicted octanol–water partition coefficient (Wildman–Crippen LogP) is 1.81. The van der Waals surface area contributed by atoms with Gasteiger partial charge in [0.2, 0.25) is 0 Å². The van der Waals surface area contributed by atoms with Crippen LogP contribution in [0.1, 0.15) is 19.5 Å².